The van der Waals surface area contributed by atoms with Gasteiger partial charge < -0.3 is 14.4 Å². The third-order valence-corrected chi connectivity index (χ3v) is 5.23. The lowest BCUT2D eigenvalue weighted by Crippen LogP contribution is -2.24. The van der Waals surface area contributed by atoms with Crippen LogP contribution in [0.4, 0.5) is 0 Å². The minimum absolute atomic E-state index is 0.0726. The third-order valence-electron chi connectivity index (χ3n) is 5.23. The van der Waals surface area contributed by atoms with Crippen LogP contribution in [0.3, 0.4) is 0 Å². The number of benzene rings is 2. The summed E-state index contributed by atoms with van der Waals surface area (Å²) in [6.07, 6.45) is 5.19. The number of nitrogens with zero attached hydrogens (tertiary/aromatic N) is 3. The molecule has 0 atom stereocenters. The molecule has 0 N–H and O–H groups in total. The smallest absolute Gasteiger partial charge is 0.246 e. The van der Waals surface area contributed by atoms with Gasteiger partial charge in [0.2, 0.25) is 5.91 Å². The average molecular weight is 420 g/mol. The summed E-state index contributed by atoms with van der Waals surface area (Å²) in [6, 6.07) is 13.7. The summed E-state index contributed by atoms with van der Waals surface area (Å²) in [6.45, 7) is 4.92. The van der Waals surface area contributed by atoms with Gasteiger partial charge in [0.25, 0.3) is 0 Å². The lowest BCUT2D eigenvalue weighted by molar-refractivity contribution is -0.125. The Kier molecular flexibility index (Phi) is 7.13. The van der Waals surface area contributed by atoms with Crippen molar-refractivity contribution in [2.75, 3.05) is 14.2 Å². The molecule has 0 fully saturated rings. The number of aryl methyl sites for hydroxylation is 2. The number of methoxy groups -OCH3 is 1. The molecule has 0 bridgehead atoms. The Morgan fingerprint density at radius 1 is 1.16 bits per heavy atom. The molecular weight excluding hydrogens is 390 g/mol. The van der Waals surface area contributed by atoms with Crippen molar-refractivity contribution in [3.05, 3.63) is 82.7 Å². The summed E-state index contributed by atoms with van der Waals surface area (Å²) in [7, 11) is 5.32. The summed E-state index contributed by atoms with van der Waals surface area (Å²) in [5.41, 5.74) is 5.05. The predicted octanol–water partition coefficient (Wildman–Crippen LogP) is 4.30. The highest BCUT2D eigenvalue weighted by Gasteiger charge is 2.11. The molecule has 0 saturated carbocycles. The molecule has 6 heteroatoms. The Balaban J connectivity index is 1.67. The molecule has 1 amide bonds. The molecular formula is C25H29N3O3. The van der Waals surface area contributed by atoms with Gasteiger partial charge in [0.1, 0.15) is 18.1 Å². The zero-order chi connectivity index (χ0) is 22.4. The van der Waals surface area contributed by atoms with Crippen molar-refractivity contribution in [3.63, 3.8) is 0 Å². The normalized spacial score (nSPS) is 11.0. The van der Waals surface area contributed by atoms with E-state index >= 15 is 0 Å². The molecule has 6 nitrogen and oxygen atoms in total. The largest absolute Gasteiger partial charge is 0.496 e. The molecule has 0 radical (unpaired) electrons. The third kappa shape index (κ3) is 5.75. The van der Waals surface area contributed by atoms with Crippen molar-refractivity contribution in [1.29, 1.82) is 0 Å². The number of amides is 1. The van der Waals surface area contributed by atoms with Crippen LogP contribution in [0.1, 0.15) is 27.9 Å². The van der Waals surface area contributed by atoms with Gasteiger partial charge >= 0.3 is 0 Å². The van der Waals surface area contributed by atoms with Gasteiger partial charge in [-0.1, -0.05) is 18.2 Å². The predicted molar refractivity (Wildman–Crippen MR) is 122 cm³/mol. The maximum atomic E-state index is 12.6. The molecule has 162 valence electrons. The standard InChI is InChI=1S/C25H29N3O3/c1-18-7-6-8-23(13-18)31-17-21-14-20(9-11-24(21)30-5)10-12-25(29)27(3)16-22-15-26-28(4)19(22)2/h6-15H,16-17H2,1-5H3/b12-10+. The van der Waals surface area contributed by atoms with Gasteiger partial charge in [0.05, 0.1) is 13.3 Å². The Morgan fingerprint density at radius 2 is 1.97 bits per heavy atom. The van der Waals surface area contributed by atoms with E-state index in [1.54, 1.807) is 36.0 Å². The zero-order valence-corrected chi connectivity index (χ0v) is 18.8. The van der Waals surface area contributed by atoms with Crippen molar-refractivity contribution in [3.8, 4) is 11.5 Å². The van der Waals surface area contributed by atoms with Crippen LogP contribution in [0.15, 0.2) is 54.7 Å². The fraction of sp³-hybridized carbons (Fsp3) is 0.280. The molecule has 3 aromatic rings. The lowest BCUT2D eigenvalue weighted by Gasteiger charge is -2.15. The second-order valence-electron chi connectivity index (χ2n) is 7.58. The van der Waals surface area contributed by atoms with E-state index in [0.29, 0.717) is 13.2 Å². The van der Waals surface area contributed by atoms with Crippen molar-refractivity contribution >= 4 is 12.0 Å². The summed E-state index contributed by atoms with van der Waals surface area (Å²) in [5.74, 6) is 1.49. The summed E-state index contributed by atoms with van der Waals surface area (Å²) < 4.78 is 13.2. The van der Waals surface area contributed by atoms with Gasteiger partial charge in [-0.25, -0.2) is 0 Å². The zero-order valence-electron chi connectivity index (χ0n) is 18.8. The topological polar surface area (TPSA) is 56.6 Å². The Labute approximate surface area is 183 Å². The summed E-state index contributed by atoms with van der Waals surface area (Å²) in [5, 5.41) is 4.23. The van der Waals surface area contributed by atoms with Crippen LogP contribution in [-0.4, -0.2) is 34.7 Å². The van der Waals surface area contributed by atoms with Gasteiger partial charge in [0.15, 0.2) is 0 Å². The van der Waals surface area contributed by atoms with Gasteiger partial charge in [-0.15, -0.1) is 0 Å². The first-order valence-electron chi connectivity index (χ1n) is 10.1. The van der Waals surface area contributed by atoms with Crippen molar-refractivity contribution in [2.45, 2.75) is 27.0 Å². The SMILES string of the molecule is COc1ccc(/C=C/C(=O)N(C)Cc2cnn(C)c2C)cc1COc1cccc(C)c1. The molecule has 1 aromatic heterocycles. The molecule has 1 heterocycles. The van der Waals surface area contributed by atoms with E-state index in [1.807, 2.05) is 69.4 Å². The van der Waals surface area contributed by atoms with E-state index < -0.39 is 0 Å². The molecule has 3 rings (SSSR count). The maximum Gasteiger partial charge on any atom is 0.246 e. The van der Waals surface area contributed by atoms with E-state index in [9.17, 15) is 4.79 Å². The fourth-order valence-corrected chi connectivity index (χ4v) is 3.21. The Morgan fingerprint density at radius 3 is 2.65 bits per heavy atom. The number of ether oxygens (including phenoxy) is 2. The summed E-state index contributed by atoms with van der Waals surface area (Å²) in [4.78, 5) is 14.2. The van der Waals surface area contributed by atoms with E-state index in [2.05, 4.69) is 5.10 Å². The van der Waals surface area contributed by atoms with Crippen LogP contribution in [0.25, 0.3) is 6.08 Å². The minimum Gasteiger partial charge on any atom is -0.496 e. The first kappa shape index (κ1) is 22.2. The molecule has 0 aliphatic heterocycles. The van der Waals surface area contributed by atoms with Crippen LogP contribution in [0.5, 0.6) is 11.5 Å². The van der Waals surface area contributed by atoms with Crippen LogP contribution in [0.2, 0.25) is 0 Å². The monoisotopic (exact) mass is 419 g/mol. The van der Waals surface area contributed by atoms with Crippen LogP contribution in [-0.2, 0) is 25.0 Å². The highest BCUT2D eigenvalue weighted by molar-refractivity contribution is 5.91. The highest BCUT2D eigenvalue weighted by Crippen LogP contribution is 2.23. The number of aromatic nitrogens is 2. The Bertz CT molecular complexity index is 1090. The molecule has 0 saturated heterocycles. The highest BCUT2D eigenvalue weighted by atomic mass is 16.5. The molecule has 0 aliphatic rings. The number of hydrogen-bond acceptors (Lipinski definition) is 4. The minimum atomic E-state index is -0.0726. The first-order valence-corrected chi connectivity index (χ1v) is 10.1. The molecule has 31 heavy (non-hydrogen) atoms. The lowest BCUT2D eigenvalue weighted by atomic mass is 10.1. The average Bonchev–Trinajstić information content (AvgIpc) is 3.08. The fourth-order valence-electron chi connectivity index (χ4n) is 3.21. The first-order chi connectivity index (χ1) is 14.9. The number of likely N-dealkylation sites (N-methyl/N-ethyl adjacent to an activating group) is 1. The van der Waals surface area contributed by atoms with Crippen LogP contribution in [0, 0.1) is 13.8 Å². The molecule has 2 aromatic carbocycles. The van der Waals surface area contributed by atoms with Gasteiger partial charge in [0, 0.05) is 43.5 Å². The number of carbonyl (C=O) groups excluding carboxylic acids is 1. The maximum absolute atomic E-state index is 12.6. The van der Waals surface area contributed by atoms with E-state index in [4.69, 9.17) is 9.47 Å². The Hall–Kier alpha value is -3.54. The summed E-state index contributed by atoms with van der Waals surface area (Å²) >= 11 is 0. The quantitative estimate of drug-likeness (QED) is 0.511. The van der Waals surface area contributed by atoms with Crippen molar-refractivity contribution in [1.82, 2.24) is 14.7 Å². The molecule has 0 aliphatic carbocycles. The van der Waals surface area contributed by atoms with Gasteiger partial charge in [-0.2, -0.15) is 5.10 Å². The van der Waals surface area contributed by atoms with Gasteiger partial charge in [-0.05, 0) is 55.3 Å². The van der Waals surface area contributed by atoms with E-state index in [1.165, 1.54) is 0 Å². The molecule has 0 spiro atoms. The molecule has 0 unspecified atom stereocenters. The van der Waals surface area contributed by atoms with Crippen molar-refractivity contribution in [2.24, 2.45) is 7.05 Å². The van der Waals surface area contributed by atoms with E-state index in [0.717, 1.165) is 39.4 Å². The van der Waals surface area contributed by atoms with E-state index in [-0.39, 0.29) is 5.91 Å². The number of hydrogen-bond donors (Lipinski definition) is 0. The second kappa shape index (κ2) is 9.98. The second-order valence-corrected chi connectivity index (χ2v) is 7.58. The van der Waals surface area contributed by atoms with Gasteiger partial charge in [-0.3, -0.25) is 9.48 Å². The number of carbonyl (C=O) groups is 1. The van der Waals surface area contributed by atoms with Crippen molar-refractivity contribution < 1.29 is 14.3 Å². The number of rotatable bonds is 8. The van der Waals surface area contributed by atoms with Crippen LogP contribution < -0.4 is 9.47 Å². The van der Waals surface area contributed by atoms with Crippen LogP contribution >= 0.6 is 0 Å².